The Morgan fingerprint density at radius 3 is 2.13 bits per heavy atom. The molecule has 204 valence electrons. The van der Waals surface area contributed by atoms with E-state index in [0.717, 1.165) is 37.7 Å². The van der Waals surface area contributed by atoms with Crippen molar-refractivity contribution in [1.29, 1.82) is 0 Å². The fourth-order valence-electron chi connectivity index (χ4n) is 4.65. The number of aryl methyl sites for hydroxylation is 1. The smallest absolute Gasteiger partial charge is 0.257 e. The number of nitrogens with one attached hydrogen (secondary N) is 3. The molecule has 0 heterocycles. The Hall–Kier alpha value is -3.95. The van der Waals surface area contributed by atoms with E-state index in [-0.39, 0.29) is 16.8 Å². The summed E-state index contributed by atoms with van der Waals surface area (Å²) in [7, 11) is -3.84. The molecule has 39 heavy (non-hydrogen) atoms. The predicted molar refractivity (Wildman–Crippen MR) is 152 cm³/mol. The summed E-state index contributed by atoms with van der Waals surface area (Å²) in [5.41, 5.74) is 4.63. The number of sulfonamides is 1. The maximum Gasteiger partial charge on any atom is 0.257 e. The van der Waals surface area contributed by atoms with Gasteiger partial charge in [0.1, 0.15) is 6.04 Å². The minimum absolute atomic E-state index is 0.0681. The van der Waals surface area contributed by atoms with Gasteiger partial charge in [0.15, 0.2) is 0 Å². The molecule has 1 aliphatic rings. The van der Waals surface area contributed by atoms with Crippen LogP contribution in [0, 0.1) is 6.92 Å². The summed E-state index contributed by atoms with van der Waals surface area (Å²) in [6.07, 6.45) is 7.54. The zero-order valence-electron chi connectivity index (χ0n) is 21.9. The first-order valence-electron chi connectivity index (χ1n) is 13.1. The third-order valence-electron chi connectivity index (χ3n) is 6.68. The van der Waals surface area contributed by atoms with E-state index in [4.69, 9.17) is 0 Å². The van der Waals surface area contributed by atoms with Crippen LogP contribution in [0.15, 0.2) is 102 Å². The number of hydrogen-bond acceptors (Lipinski definition) is 5. The first-order valence-corrected chi connectivity index (χ1v) is 14.6. The standard InChI is InChI=1S/C30H34N4O4S/c1-23-17-19-27(20-18-23)39(37,38)33-31-22-21-28(35)34(26-15-9-4-10-16-26)29(24-11-5-2-6-12-24)30(36)32-25-13-7-3-8-14-25/h2,4-6,9-12,15-22,25,29,31,33H,3,7-8,13-14H2,1H3,(H,32,36)/b22-21+. The molecule has 0 spiro atoms. The van der Waals surface area contributed by atoms with Gasteiger partial charge in [-0.3, -0.25) is 14.5 Å². The molecule has 3 aromatic rings. The molecule has 9 heteroatoms. The number of hydrazine groups is 1. The Kier molecular flexibility index (Phi) is 9.51. The summed E-state index contributed by atoms with van der Waals surface area (Å²) < 4.78 is 25.1. The number of rotatable bonds is 10. The summed E-state index contributed by atoms with van der Waals surface area (Å²) in [5, 5.41) is 3.17. The Labute approximate surface area is 230 Å². The molecule has 1 atom stereocenters. The molecule has 0 aromatic heterocycles. The number of carbonyl (C=O) groups excluding carboxylic acids is 2. The van der Waals surface area contributed by atoms with Crippen LogP contribution < -0.4 is 20.5 Å². The van der Waals surface area contributed by atoms with Crippen molar-refractivity contribution in [2.75, 3.05) is 4.90 Å². The number of para-hydroxylation sites is 1. The van der Waals surface area contributed by atoms with Gasteiger partial charge >= 0.3 is 0 Å². The fraction of sp³-hybridized carbons (Fsp3) is 0.267. The molecule has 0 aliphatic heterocycles. The van der Waals surface area contributed by atoms with Crippen molar-refractivity contribution in [3.05, 3.63) is 108 Å². The van der Waals surface area contributed by atoms with Crippen LogP contribution in [-0.4, -0.2) is 26.3 Å². The number of nitrogens with zero attached hydrogens (tertiary/aromatic N) is 1. The predicted octanol–water partition coefficient (Wildman–Crippen LogP) is 4.52. The second-order valence-corrected chi connectivity index (χ2v) is 11.3. The number of hydrogen-bond donors (Lipinski definition) is 3. The lowest BCUT2D eigenvalue weighted by atomic mass is 9.94. The van der Waals surface area contributed by atoms with E-state index >= 15 is 0 Å². The maximum absolute atomic E-state index is 13.7. The lowest BCUT2D eigenvalue weighted by molar-refractivity contribution is -0.126. The highest BCUT2D eigenvalue weighted by Gasteiger charge is 2.33. The molecular weight excluding hydrogens is 512 g/mol. The van der Waals surface area contributed by atoms with Gasteiger partial charge in [-0.15, -0.1) is 4.83 Å². The van der Waals surface area contributed by atoms with Gasteiger partial charge in [-0.1, -0.05) is 85.5 Å². The maximum atomic E-state index is 13.7. The SMILES string of the molecule is Cc1ccc(S(=O)(=O)NN/C=C/C(=O)N(c2ccccc2)C(C(=O)NC2CCCCC2)c2ccccc2)cc1. The van der Waals surface area contributed by atoms with E-state index < -0.39 is 22.0 Å². The highest BCUT2D eigenvalue weighted by molar-refractivity contribution is 7.89. The molecule has 2 amide bonds. The number of carbonyl (C=O) groups is 2. The van der Waals surface area contributed by atoms with Gasteiger partial charge in [0.25, 0.3) is 15.9 Å². The third kappa shape index (κ3) is 7.55. The average Bonchev–Trinajstić information content (AvgIpc) is 2.95. The molecular formula is C30H34N4O4S. The molecule has 3 N–H and O–H groups in total. The largest absolute Gasteiger partial charge is 0.351 e. The van der Waals surface area contributed by atoms with Crippen LogP contribution in [0.5, 0.6) is 0 Å². The van der Waals surface area contributed by atoms with Crippen molar-refractivity contribution in [1.82, 2.24) is 15.6 Å². The van der Waals surface area contributed by atoms with Gasteiger partial charge < -0.3 is 10.7 Å². The molecule has 1 aliphatic carbocycles. The fourth-order valence-corrected chi connectivity index (χ4v) is 5.49. The van der Waals surface area contributed by atoms with E-state index in [1.54, 1.807) is 36.4 Å². The van der Waals surface area contributed by atoms with Crippen LogP contribution in [0.2, 0.25) is 0 Å². The van der Waals surface area contributed by atoms with E-state index in [2.05, 4.69) is 15.6 Å². The molecule has 3 aromatic carbocycles. The van der Waals surface area contributed by atoms with Crippen LogP contribution in [0.3, 0.4) is 0 Å². The van der Waals surface area contributed by atoms with Crippen molar-refractivity contribution in [3.8, 4) is 0 Å². The van der Waals surface area contributed by atoms with Crippen molar-refractivity contribution in [2.24, 2.45) is 0 Å². The van der Waals surface area contributed by atoms with E-state index in [1.165, 1.54) is 29.3 Å². The summed E-state index contributed by atoms with van der Waals surface area (Å²) >= 11 is 0. The summed E-state index contributed by atoms with van der Waals surface area (Å²) in [5.74, 6) is -0.748. The quantitative estimate of drug-likeness (QED) is 0.256. The van der Waals surface area contributed by atoms with Gasteiger partial charge in [0, 0.05) is 24.0 Å². The summed E-state index contributed by atoms with van der Waals surface area (Å²) in [6.45, 7) is 1.87. The molecule has 1 unspecified atom stereocenters. The Balaban J connectivity index is 1.57. The van der Waals surface area contributed by atoms with Crippen molar-refractivity contribution in [3.63, 3.8) is 0 Å². The topological polar surface area (TPSA) is 108 Å². The van der Waals surface area contributed by atoms with Crippen LogP contribution >= 0.6 is 0 Å². The minimum Gasteiger partial charge on any atom is -0.351 e. The molecule has 8 nitrogen and oxygen atoms in total. The number of amides is 2. The number of benzene rings is 3. The highest BCUT2D eigenvalue weighted by atomic mass is 32.2. The number of anilines is 1. The van der Waals surface area contributed by atoms with Gasteiger partial charge in [-0.05, 0) is 49.6 Å². The summed E-state index contributed by atoms with van der Waals surface area (Å²) in [4.78, 5) is 31.1. The van der Waals surface area contributed by atoms with Gasteiger partial charge in [-0.25, -0.2) is 8.42 Å². The normalized spacial score (nSPS) is 15.0. The van der Waals surface area contributed by atoms with E-state index in [1.807, 2.05) is 43.3 Å². The van der Waals surface area contributed by atoms with Crippen LogP contribution in [0.25, 0.3) is 0 Å². The highest BCUT2D eigenvalue weighted by Crippen LogP contribution is 2.29. The molecule has 1 fully saturated rings. The molecule has 1 saturated carbocycles. The van der Waals surface area contributed by atoms with Crippen LogP contribution in [0.1, 0.15) is 49.3 Å². The van der Waals surface area contributed by atoms with Crippen molar-refractivity contribution >= 4 is 27.5 Å². The minimum atomic E-state index is -3.84. The van der Waals surface area contributed by atoms with Crippen LogP contribution in [-0.2, 0) is 19.6 Å². The summed E-state index contributed by atoms with van der Waals surface area (Å²) in [6, 6.07) is 23.7. The van der Waals surface area contributed by atoms with Gasteiger partial charge in [0.2, 0.25) is 5.91 Å². The van der Waals surface area contributed by atoms with Crippen molar-refractivity contribution < 1.29 is 18.0 Å². The second kappa shape index (κ2) is 13.2. The Bertz CT molecular complexity index is 1370. The average molecular weight is 547 g/mol. The molecule has 0 bridgehead atoms. The second-order valence-electron chi connectivity index (χ2n) is 9.60. The molecule has 0 saturated heterocycles. The van der Waals surface area contributed by atoms with Crippen LogP contribution in [0.4, 0.5) is 5.69 Å². The first-order chi connectivity index (χ1) is 18.8. The zero-order chi connectivity index (χ0) is 27.7. The van der Waals surface area contributed by atoms with Gasteiger partial charge in [-0.2, -0.15) is 0 Å². The first kappa shape index (κ1) is 28.1. The Morgan fingerprint density at radius 1 is 0.872 bits per heavy atom. The lowest BCUT2D eigenvalue weighted by Crippen LogP contribution is -2.47. The van der Waals surface area contributed by atoms with Gasteiger partial charge in [0.05, 0.1) is 4.90 Å². The lowest BCUT2D eigenvalue weighted by Gasteiger charge is -2.33. The third-order valence-corrected chi connectivity index (χ3v) is 7.96. The Morgan fingerprint density at radius 2 is 1.49 bits per heavy atom. The van der Waals surface area contributed by atoms with E-state index in [0.29, 0.717) is 11.3 Å². The zero-order valence-corrected chi connectivity index (χ0v) is 22.7. The molecule has 0 radical (unpaired) electrons. The monoisotopic (exact) mass is 546 g/mol. The van der Waals surface area contributed by atoms with E-state index in [9.17, 15) is 18.0 Å². The molecule has 4 rings (SSSR count). The van der Waals surface area contributed by atoms with Crippen molar-refractivity contribution in [2.45, 2.75) is 56.0 Å².